The number of fused-ring (bicyclic) bond motifs is 1. The normalized spacial score (nSPS) is 13.2. The minimum atomic E-state index is -0.661. The summed E-state index contributed by atoms with van der Waals surface area (Å²) in [7, 11) is 0. The third-order valence-corrected chi connectivity index (χ3v) is 4.09. The number of carbonyl (C=O) groups is 1. The van der Waals surface area contributed by atoms with E-state index in [1.54, 1.807) is 43.8 Å². The Balaban J connectivity index is 1.34. The molecule has 7 heteroatoms. The maximum Gasteiger partial charge on any atom is 0.261 e. The van der Waals surface area contributed by atoms with Gasteiger partial charge < -0.3 is 23.9 Å². The van der Waals surface area contributed by atoms with Crippen LogP contribution < -0.4 is 19.5 Å². The highest BCUT2D eigenvalue weighted by molar-refractivity contribution is 5.80. The van der Waals surface area contributed by atoms with Gasteiger partial charge in [0.15, 0.2) is 17.6 Å². The smallest absolute Gasteiger partial charge is 0.261 e. The molecule has 1 aromatic carbocycles. The molecule has 0 saturated heterocycles. The van der Waals surface area contributed by atoms with E-state index in [-0.39, 0.29) is 12.7 Å². The Morgan fingerprint density at radius 2 is 2.11 bits per heavy atom. The molecule has 138 valence electrons. The van der Waals surface area contributed by atoms with E-state index in [1.165, 1.54) is 0 Å². The summed E-state index contributed by atoms with van der Waals surface area (Å²) in [6.07, 6.45) is 4.37. The zero-order chi connectivity index (χ0) is 18.6. The molecule has 0 fully saturated rings. The Morgan fingerprint density at radius 1 is 1.22 bits per heavy atom. The van der Waals surface area contributed by atoms with Gasteiger partial charge in [-0.15, -0.1) is 0 Å². The first-order valence-electron chi connectivity index (χ1n) is 8.51. The Morgan fingerprint density at radius 3 is 2.96 bits per heavy atom. The number of aromatic nitrogens is 1. The molecule has 0 aliphatic carbocycles. The maximum atomic E-state index is 12.3. The van der Waals surface area contributed by atoms with E-state index in [2.05, 4.69) is 10.3 Å². The van der Waals surface area contributed by atoms with Gasteiger partial charge in [0.25, 0.3) is 5.91 Å². The summed E-state index contributed by atoms with van der Waals surface area (Å²) >= 11 is 0. The topological polar surface area (TPSA) is 82.8 Å². The molecule has 1 aliphatic rings. The summed E-state index contributed by atoms with van der Waals surface area (Å²) in [5, 5.41) is 2.85. The van der Waals surface area contributed by atoms with E-state index >= 15 is 0 Å². The van der Waals surface area contributed by atoms with Crippen LogP contribution in [0.4, 0.5) is 0 Å². The number of carbonyl (C=O) groups excluding carboxylic acids is 1. The van der Waals surface area contributed by atoms with E-state index in [9.17, 15) is 4.79 Å². The summed E-state index contributed by atoms with van der Waals surface area (Å²) in [5.41, 5.74) is 1.73. The molecule has 3 aromatic rings. The van der Waals surface area contributed by atoms with Crippen LogP contribution >= 0.6 is 0 Å². The van der Waals surface area contributed by atoms with Crippen LogP contribution in [0.3, 0.4) is 0 Å². The Bertz CT molecular complexity index is 939. The molecule has 0 spiro atoms. The van der Waals surface area contributed by atoms with Crippen LogP contribution in [-0.2, 0) is 11.3 Å². The van der Waals surface area contributed by atoms with E-state index < -0.39 is 6.10 Å². The van der Waals surface area contributed by atoms with Gasteiger partial charge in [0.05, 0.1) is 6.26 Å². The average Bonchev–Trinajstić information content (AvgIpc) is 3.37. The predicted octanol–water partition coefficient (Wildman–Crippen LogP) is 3.15. The average molecular weight is 366 g/mol. The largest absolute Gasteiger partial charge is 0.481 e. The van der Waals surface area contributed by atoms with Gasteiger partial charge in [-0.25, -0.2) is 0 Å². The van der Waals surface area contributed by atoms with Crippen molar-refractivity contribution in [3.05, 3.63) is 60.6 Å². The first-order chi connectivity index (χ1) is 13.2. The van der Waals surface area contributed by atoms with Crippen molar-refractivity contribution >= 4 is 5.91 Å². The zero-order valence-corrected chi connectivity index (χ0v) is 14.7. The van der Waals surface area contributed by atoms with Crippen LogP contribution in [0.2, 0.25) is 0 Å². The van der Waals surface area contributed by atoms with Crippen LogP contribution in [0.25, 0.3) is 11.3 Å². The van der Waals surface area contributed by atoms with E-state index in [4.69, 9.17) is 18.6 Å². The number of pyridine rings is 1. The number of amides is 1. The van der Waals surface area contributed by atoms with Gasteiger partial charge in [-0.1, -0.05) is 0 Å². The maximum absolute atomic E-state index is 12.3. The molecule has 1 N–H and O–H groups in total. The van der Waals surface area contributed by atoms with Crippen molar-refractivity contribution < 1.29 is 23.4 Å². The number of hydrogen-bond acceptors (Lipinski definition) is 6. The fourth-order valence-electron chi connectivity index (χ4n) is 2.70. The van der Waals surface area contributed by atoms with Crippen molar-refractivity contribution in [2.75, 3.05) is 6.79 Å². The number of hydrogen-bond donors (Lipinski definition) is 1. The molecule has 0 bridgehead atoms. The lowest BCUT2D eigenvalue weighted by atomic mass is 10.1. The third kappa shape index (κ3) is 3.87. The van der Waals surface area contributed by atoms with Gasteiger partial charge >= 0.3 is 0 Å². The van der Waals surface area contributed by atoms with Gasteiger partial charge in [-0.3, -0.25) is 9.78 Å². The number of nitrogens with one attached hydrogen (secondary N) is 1. The lowest BCUT2D eigenvalue weighted by Crippen LogP contribution is -2.35. The highest BCUT2D eigenvalue weighted by Crippen LogP contribution is 2.35. The zero-order valence-electron chi connectivity index (χ0n) is 14.7. The van der Waals surface area contributed by atoms with Crippen molar-refractivity contribution in [1.82, 2.24) is 10.3 Å². The van der Waals surface area contributed by atoms with Crippen LogP contribution in [0.5, 0.6) is 17.2 Å². The Kier molecular flexibility index (Phi) is 4.65. The van der Waals surface area contributed by atoms with Crippen molar-refractivity contribution in [1.29, 1.82) is 0 Å². The molecule has 3 heterocycles. The SMILES string of the molecule is CC(Oc1ccc2c(c1)OCO2)C(=O)NCc1cncc(-c2ccco2)c1. The number of benzene rings is 1. The number of nitrogens with zero attached hydrogens (tertiary/aromatic N) is 1. The van der Waals surface area contributed by atoms with Crippen LogP contribution in [0.1, 0.15) is 12.5 Å². The summed E-state index contributed by atoms with van der Waals surface area (Å²) in [6, 6.07) is 10.8. The molecule has 2 aromatic heterocycles. The lowest BCUT2D eigenvalue weighted by Gasteiger charge is -2.15. The van der Waals surface area contributed by atoms with E-state index in [0.29, 0.717) is 23.8 Å². The molecule has 27 heavy (non-hydrogen) atoms. The number of ether oxygens (including phenoxy) is 3. The minimum Gasteiger partial charge on any atom is -0.481 e. The van der Waals surface area contributed by atoms with Crippen molar-refractivity contribution in [2.45, 2.75) is 19.6 Å². The van der Waals surface area contributed by atoms with Gasteiger partial charge in [0, 0.05) is 30.6 Å². The van der Waals surface area contributed by atoms with Crippen molar-refractivity contribution in [2.24, 2.45) is 0 Å². The van der Waals surface area contributed by atoms with Crippen LogP contribution in [0.15, 0.2) is 59.5 Å². The molecule has 1 aliphatic heterocycles. The number of rotatable bonds is 6. The molecule has 7 nitrogen and oxygen atoms in total. The van der Waals surface area contributed by atoms with Crippen molar-refractivity contribution in [3.8, 4) is 28.6 Å². The highest BCUT2D eigenvalue weighted by atomic mass is 16.7. The monoisotopic (exact) mass is 366 g/mol. The number of furan rings is 1. The van der Waals surface area contributed by atoms with Crippen LogP contribution in [0, 0.1) is 0 Å². The lowest BCUT2D eigenvalue weighted by molar-refractivity contribution is -0.127. The van der Waals surface area contributed by atoms with Gasteiger partial charge in [-0.05, 0) is 42.8 Å². The fraction of sp³-hybridized carbons (Fsp3) is 0.200. The van der Waals surface area contributed by atoms with Gasteiger partial charge in [-0.2, -0.15) is 0 Å². The third-order valence-electron chi connectivity index (χ3n) is 4.09. The van der Waals surface area contributed by atoms with Gasteiger partial charge in [0.1, 0.15) is 11.5 Å². The predicted molar refractivity (Wildman–Crippen MR) is 96.4 cm³/mol. The molecule has 1 amide bonds. The second kappa shape index (κ2) is 7.41. The Hall–Kier alpha value is -3.48. The van der Waals surface area contributed by atoms with Crippen molar-refractivity contribution in [3.63, 3.8) is 0 Å². The molecular formula is C20H18N2O5. The molecule has 0 radical (unpaired) electrons. The molecule has 1 atom stereocenters. The first kappa shape index (κ1) is 17.0. The second-order valence-electron chi connectivity index (χ2n) is 6.05. The summed E-state index contributed by atoms with van der Waals surface area (Å²) in [6.45, 7) is 2.23. The summed E-state index contributed by atoms with van der Waals surface area (Å²) in [5.74, 6) is 2.33. The molecule has 4 rings (SSSR count). The second-order valence-corrected chi connectivity index (χ2v) is 6.05. The molecule has 1 unspecified atom stereocenters. The standard InChI is InChI=1S/C20H18N2O5/c1-13(27-16-4-5-18-19(8-16)26-12-25-18)20(23)22-10-14-7-15(11-21-9-14)17-3-2-6-24-17/h2-9,11,13H,10,12H2,1H3,(H,22,23). The molecular weight excluding hydrogens is 348 g/mol. The highest BCUT2D eigenvalue weighted by Gasteiger charge is 2.18. The summed E-state index contributed by atoms with van der Waals surface area (Å²) in [4.78, 5) is 16.5. The minimum absolute atomic E-state index is 0.194. The van der Waals surface area contributed by atoms with E-state index in [1.807, 2.05) is 18.2 Å². The quantitative estimate of drug-likeness (QED) is 0.722. The van der Waals surface area contributed by atoms with Crippen LogP contribution in [-0.4, -0.2) is 23.8 Å². The molecule has 0 saturated carbocycles. The van der Waals surface area contributed by atoms with Gasteiger partial charge in [0.2, 0.25) is 6.79 Å². The Labute approximate surface area is 155 Å². The first-order valence-corrected chi connectivity index (χ1v) is 8.51. The fourth-order valence-corrected chi connectivity index (χ4v) is 2.70. The summed E-state index contributed by atoms with van der Waals surface area (Å²) < 4.78 is 21.6. The van der Waals surface area contributed by atoms with E-state index in [0.717, 1.165) is 16.9 Å².